The Bertz CT molecular complexity index is 700. The van der Waals surface area contributed by atoms with Gasteiger partial charge in [-0.05, 0) is 41.6 Å². The average Bonchev–Trinajstić information content (AvgIpc) is 2.96. The fourth-order valence-corrected chi connectivity index (χ4v) is 2.70. The maximum absolute atomic E-state index is 12.6. The highest BCUT2D eigenvalue weighted by atomic mass is 32.1. The van der Waals surface area contributed by atoms with E-state index in [2.05, 4.69) is 10.2 Å². The van der Waals surface area contributed by atoms with E-state index in [-0.39, 0.29) is 4.88 Å². The Morgan fingerprint density at radius 3 is 2.78 bits per heavy atom. The van der Waals surface area contributed by atoms with E-state index in [1.54, 1.807) is 11.4 Å². The molecular weight excluding hydrogens is 254 g/mol. The van der Waals surface area contributed by atoms with Crippen LogP contribution in [0.1, 0.15) is 17.0 Å². The number of H-pyrrole nitrogens is 1. The number of rotatable bonds is 2. The zero-order valence-corrected chi connectivity index (χ0v) is 10.4. The van der Waals surface area contributed by atoms with E-state index >= 15 is 0 Å². The predicted molar refractivity (Wildman–Crippen MR) is 69.1 cm³/mol. The third kappa shape index (κ3) is 1.80. The maximum Gasteiger partial charge on any atom is 0.272 e. The van der Waals surface area contributed by atoms with Gasteiger partial charge in [0.1, 0.15) is 0 Å². The molecule has 2 heterocycles. The molecule has 1 aromatic carbocycles. The zero-order valence-electron chi connectivity index (χ0n) is 9.58. The van der Waals surface area contributed by atoms with Gasteiger partial charge in [0.15, 0.2) is 0 Å². The van der Waals surface area contributed by atoms with Gasteiger partial charge in [0.2, 0.25) is 0 Å². The smallest absolute Gasteiger partial charge is 0.272 e. The summed E-state index contributed by atoms with van der Waals surface area (Å²) in [5.41, 5.74) is 3.64. The van der Waals surface area contributed by atoms with Crippen molar-refractivity contribution >= 4 is 22.2 Å². The van der Waals surface area contributed by atoms with Crippen molar-refractivity contribution in [2.75, 3.05) is 0 Å². The van der Waals surface area contributed by atoms with Crippen LogP contribution < -0.4 is 0 Å². The van der Waals surface area contributed by atoms with Crippen molar-refractivity contribution in [1.29, 1.82) is 0 Å². The number of hydrogen-bond donors (Lipinski definition) is 1. The van der Waals surface area contributed by atoms with E-state index in [4.69, 9.17) is 0 Å². The molecule has 0 aliphatic heterocycles. The number of nitrogens with one attached hydrogen (secondary N) is 1. The van der Waals surface area contributed by atoms with Crippen molar-refractivity contribution in [2.24, 2.45) is 0 Å². The lowest BCUT2D eigenvalue weighted by Crippen LogP contribution is -1.77. The molecule has 0 fully saturated rings. The fraction of sp³-hybridized carbons (Fsp3) is 0.154. The van der Waals surface area contributed by atoms with E-state index in [0.29, 0.717) is 0 Å². The first kappa shape index (κ1) is 11.3. The monoisotopic (exact) mass is 264 g/mol. The molecule has 0 aliphatic carbocycles. The molecule has 0 spiro atoms. The number of alkyl halides is 2. The van der Waals surface area contributed by atoms with Crippen LogP contribution in [-0.4, -0.2) is 10.2 Å². The summed E-state index contributed by atoms with van der Waals surface area (Å²) in [6.45, 7) is 1.94. The van der Waals surface area contributed by atoms with E-state index in [1.807, 2.05) is 25.1 Å². The van der Waals surface area contributed by atoms with Gasteiger partial charge in [-0.15, -0.1) is 11.3 Å². The number of fused-ring (bicyclic) bond motifs is 1. The molecule has 0 amide bonds. The summed E-state index contributed by atoms with van der Waals surface area (Å²) in [6, 6.07) is 7.32. The second kappa shape index (κ2) is 4.17. The van der Waals surface area contributed by atoms with Crippen molar-refractivity contribution < 1.29 is 8.78 Å². The molecule has 5 heteroatoms. The number of nitrogens with zero attached hydrogens (tertiary/aromatic N) is 1. The Kier molecular flexibility index (Phi) is 2.63. The molecule has 3 rings (SSSR count). The van der Waals surface area contributed by atoms with Gasteiger partial charge < -0.3 is 0 Å². The van der Waals surface area contributed by atoms with Gasteiger partial charge in [-0.2, -0.15) is 5.10 Å². The highest BCUT2D eigenvalue weighted by molar-refractivity contribution is 7.10. The van der Waals surface area contributed by atoms with Crippen LogP contribution in [0, 0.1) is 6.92 Å². The van der Waals surface area contributed by atoms with Gasteiger partial charge in [0.05, 0.1) is 10.4 Å². The van der Waals surface area contributed by atoms with Crippen molar-refractivity contribution in [3.05, 3.63) is 40.2 Å². The molecule has 92 valence electrons. The van der Waals surface area contributed by atoms with Crippen LogP contribution in [0.5, 0.6) is 0 Å². The molecule has 0 saturated heterocycles. The number of halogens is 2. The Labute approximate surface area is 106 Å². The summed E-state index contributed by atoms with van der Waals surface area (Å²) < 4.78 is 25.1. The second-order valence-corrected chi connectivity index (χ2v) is 5.06. The van der Waals surface area contributed by atoms with Crippen molar-refractivity contribution in [1.82, 2.24) is 10.2 Å². The average molecular weight is 264 g/mol. The SMILES string of the molecule is Cc1[nH]nc2ccc(-c3csc(C(F)F)c3)cc12. The van der Waals surface area contributed by atoms with Crippen LogP contribution in [0.3, 0.4) is 0 Å². The minimum Gasteiger partial charge on any atom is -0.282 e. The van der Waals surface area contributed by atoms with Gasteiger partial charge in [-0.1, -0.05) is 6.07 Å². The van der Waals surface area contributed by atoms with Crippen LogP contribution >= 0.6 is 11.3 Å². The first-order chi connectivity index (χ1) is 8.65. The number of benzene rings is 1. The van der Waals surface area contributed by atoms with Crippen LogP contribution in [0.4, 0.5) is 8.78 Å². The normalized spacial score (nSPS) is 11.6. The minimum absolute atomic E-state index is 0.106. The number of aromatic amines is 1. The molecule has 0 radical (unpaired) electrons. The molecule has 2 aromatic heterocycles. The topological polar surface area (TPSA) is 28.7 Å². The van der Waals surface area contributed by atoms with E-state index in [1.165, 1.54) is 0 Å². The van der Waals surface area contributed by atoms with E-state index in [0.717, 1.165) is 39.1 Å². The molecule has 0 unspecified atom stereocenters. The Morgan fingerprint density at radius 1 is 1.22 bits per heavy atom. The largest absolute Gasteiger partial charge is 0.282 e. The Morgan fingerprint density at radius 2 is 2.06 bits per heavy atom. The van der Waals surface area contributed by atoms with E-state index < -0.39 is 6.43 Å². The molecule has 2 nitrogen and oxygen atoms in total. The van der Waals surface area contributed by atoms with Crippen LogP contribution in [0.25, 0.3) is 22.0 Å². The molecule has 3 aromatic rings. The third-order valence-corrected chi connectivity index (χ3v) is 3.85. The molecular formula is C13H10F2N2S. The zero-order chi connectivity index (χ0) is 12.7. The summed E-state index contributed by atoms with van der Waals surface area (Å²) in [5.74, 6) is 0. The first-order valence-electron chi connectivity index (χ1n) is 5.47. The lowest BCUT2D eigenvalue weighted by atomic mass is 10.1. The number of hydrogen-bond acceptors (Lipinski definition) is 2. The van der Waals surface area contributed by atoms with Gasteiger partial charge in [-0.25, -0.2) is 8.78 Å². The predicted octanol–water partition coefficient (Wildman–Crippen LogP) is 4.54. The molecule has 18 heavy (non-hydrogen) atoms. The second-order valence-electron chi connectivity index (χ2n) is 4.12. The van der Waals surface area contributed by atoms with Crippen molar-refractivity contribution in [2.45, 2.75) is 13.3 Å². The summed E-state index contributed by atoms with van der Waals surface area (Å²) in [6.07, 6.45) is -2.40. The van der Waals surface area contributed by atoms with Crippen molar-refractivity contribution in [3.8, 4) is 11.1 Å². The number of thiophene rings is 1. The lowest BCUT2D eigenvalue weighted by molar-refractivity contribution is 0.155. The van der Waals surface area contributed by atoms with Gasteiger partial charge >= 0.3 is 0 Å². The number of aryl methyl sites for hydroxylation is 1. The quantitative estimate of drug-likeness (QED) is 0.723. The fourth-order valence-electron chi connectivity index (χ4n) is 1.94. The van der Waals surface area contributed by atoms with Crippen LogP contribution in [0.2, 0.25) is 0 Å². The third-order valence-electron chi connectivity index (χ3n) is 2.91. The molecule has 0 saturated carbocycles. The Balaban J connectivity index is 2.09. The minimum atomic E-state index is -2.40. The van der Waals surface area contributed by atoms with Gasteiger partial charge in [0.25, 0.3) is 6.43 Å². The van der Waals surface area contributed by atoms with Crippen LogP contribution in [0.15, 0.2) is 29.6 Å². The summed E-state index contributed by atoms with van der Waals surface area (Å²) in [5, 5.41) is 9.84. The molecule has 1 N–H and O–H groups in total. The molecule has 0 atom stereocenters. The number of aromatic nitrogens is 2. The summed E-state index contributed by atoms with van der Waals surface area (Å²) in [7, 11) is 0. The van der Waals surface area contributed by atoms with Gasteiger partial charge in [-0.3, -0.25) is 5.10 Å². The van der Waals surface area contributed by atoms with Crippen molar-refractivity contribution in [3.63, 3.8) is 0 Å². The standard InChI is InChI=1S/C13H10F2N2S/c1-7-10-4-8(2-3-11(10)17-16-7)9-5-12(13(14)15)18-6-9/h2-6,13H,1H3,(H,16,17). The highest BCUT2D eigenvalue weighted by Gasteiger charge is 2.12. The summed E-state index contributed by atoms with van der Waals surface area (Å²) in [4.78, 5) is 0.106. The molecule has 0 aliphatic rings. The first-order valence-corrected chi connectivity index (χ1v) is 6.35. The highest BCUT2D eigenvalue weighted by Crippen LogP contribution is 2.33. The van der Waals surface area contributed by atoms with Crippen LogP contribution in [-0.2, 0) is 0 Å². The lowest BCUT2D eigenvalue weighted by Gasteiger charge is -1.98. The Hall–Kier alpha value is -1.75. The summed E-state index contributed by atoms with van der Waals surface area (Å²) >= 11 is 1.09. The van der Waals surface area contributed by atoms with Gasteiger partial charge in [0, 0.05) is 11.1 Å². The molecule has 0 bridgehead atoms. The maximum atomic E-state index is 12.6. The van der Waals surface area contributed by atoms with E-state index in [9.17, 15) is 8.78 Å².